The molecule has 1 aliphatic heterocycles. The summed E-state index contributed by atoms with van der Waals surface area (Å²) in [4.78, 5) is 11.4. The Morgan fingerprint density at radius 1 is 1.11 bits per heavy atom. The number of H-pyrrole nitrogens is 1. The lowest BCUT2D eigenvalue weighted by molar-refractivity contribution is 0.145. The number of aromatic nitrogens is 4. The minimum Gasteiger partial charge on any atom is -0.461 e. The molecule has 4 heterocycles. The van der Waals surface area contributed by atoms with E-state index in [2.05, 4.69) is 42.5 Å². The second-order valence-corrected chi connectivity index (χ2v) is 6.89. The highest BCUT2D eigenvalue weighted by atomic mass is 16.3. The molecule has 1 aromatic carbocycles. The molecule has 0 radical (unpaired) electrons. The van der Waals surface area contributed by atoms with Crippen LogP contribution in [0.3, 0.4) is 0 Å². The van der Waals surface area contributed by atoms with Crippen LogP contribution in [0, 0.1) is 0 Å². The third-order valence-electron chi connectivity index (χ3n) is 5.00. The average Bonchev–Trinajstić information content (AvgIpc) is 3.41. The molecule has 0 atom stereocenters. The van der Waals surface area contributed by atoms with Crippen LogP contribution < -0.4 is 10.2 Å². The molecule has 8 heteroatoms. The molecule has 3 N–H and O–H groups in total. The van der Waals surface area contributed by atoms with E-state index >= 15 is 0 Å². The molecule has 0 bridgehead atoms. The molecule has 5 rings (SSSR count). The summed E-state index contributed by atoms with van der Waals surface area (Å²) >= 11 is 0. The summed E-state index contributed by atoms with van der Waals surface area (Å²) in [6.07, 6.45) is 4.73. The summed E-state index contributed by atoms with van der Waals surface area (Å²) in [5.74, 6) is 1.75. The number of rotatable bonds is 4. The van der Waals surface area contributed by atoms with Crippen molar-refractivity contribution in [3.8, 4) is 11.6 Å². The van der Waals surface area contributed by atoms with E-state index in [1.54, 1.807) is 12.5 Å². The number of benzene rings is 1. The van der Waals surface area contributed by atoms with Crippen LogP contribution in [0.15, 0.2) is 53.3 Å². The standard InChI is InChI=1S/C20H20N6O2/c27-15-7-9-26(10-8-15)14-5-3-13(4-6-14)22-20-18-16(12-21-25-18)23-19(24-20)17-2-1-11-28-17/h1-6,11-12,15,27H,7-10H2,(H,21,25)(H,22,23,24). The van der Waals surface area contributed by atoms with Gasteiger partial charge in [0.1, 0.15) is 11.0 Å². The predicted molar refractivity (Wildman–Crippen MR) is 107 cm³/mol. The number of aliphatic hydroxyl groups excluding tert-OH is 1. The SMILES string of the molecule is OC1CCN(c2ccc(Nc3nc(-c4ccco4)nc4cn[nH]c34)cc2)CC1. The number of piperidine rings is 1. The molecule has 1 aliphatic rings. The Morgan fingerprint density at radius 3 is 2.68 bits per heavy atom. The first-order chi connectivity index (χ1) is 13.8. The molecule has 0 spiro atoms. The van der Waals surface area contributed by atoms with Gasteiger partial charge in [-0.1, -0.05) is 0 Å². The van der Waals surface area contributed by atoms with Crippen LogP contribution in [-0.4, -0.2) is 44.5 Å². The molecule has 8 nitrogen and oxygen atoms in total. The molecular formula is C20H20N6O2. The lowest BCUT2D eigenvalue weighted by atomic mass is 10.1. The van der Waals surface area contributed by atoms with Gasteiger partial charge < -0.3 is 19.7 Å². The summed E-state index contributed by atoms with van der Waals surface area (Å²) < 4.78 is 5.43. The minimum atomic E-state index is -0.171. The molecule has 28 heavy (non-hydrogen) atoms. The van der Waals surface area contributed by atoms with Crippen molar-refractivity contribution in [1.82, 2.24) is 20.2 Å². The van der Waals surface area contributed by atoms with E-state index in [0.29, 0.717) is 22.9 Å². The van der Waals surface area contributed by atoms with Crippen LogP contribution in [0.1, 0.15) is 12.8 Å². The van der Waals surface area contributed by atoms with Crippen molar-refractivity contribution in [3.63, 3.8) is 0 Å². The van der Waals surface area contributed by atoms with E-state index in [0.717, 1.165) is 42.8 Å². The first-order valence-corrected chi connectivity index (χ1v) is 9.31. The lowest BCUT2D eigenvalue weighted by Crippen LogP contribution is -2.35. The lowest BCUT2D eigenvalue weighted by Gasteiger charge is -2.31. The number of hydrogen-bond donors (Lipinski definition) is 3. The molecule has 4 aromatic rings. The van der Waals surface area contributed by atoms with E-state index in [9.17, 15) is 5.11 Å². The topological polar surface area (TPSA) is 103 Å². The maximum absolute atomic E-state index is 9.68. The van der Waals surface area contributed by atoms with Gasteiger partial charge in [-0.05, 0) is 49.2 Å². The Labute approximate surface area is 161 Å². The third-order valence-corrected chi connectivity index (χ3v) is 5.00. The monoisotopic (exact) mass is 376 g/mol. The summed E-state index contributed by atoms with van der Waals surface area (Å²) in [7, 11) is 0. The van der Waals surface area contributed by atoms with Crippen LogP contribution in [0.2, 0.25) is 0 Å². The van der Waals surface area contributed by atoms with Gasteiger partial charge in [0.15, 0.2) is 17.4 Å². The zero-order valence-electron chi connectivity index (χ0n) is 15.2. The minimum absolute atomic E-state index is 0.171. The smallest absolute Gasteiger partial charge is 0.198 e. The summed E-state index contributed by atoms with van der Waals surface area (Å²) in [5.41, 5.74) is 3.53. The fourth-order valence-corrected chi connectivity index (χ4v) is 3.46. The molecule has 0 unspecified atom stereocenters. The Morgan fingerprint density at radius 2 is 1.93 bits per heavy atom. The van der Waals surface area contributed by atoms with Crippen molar-refractivity contribution in [2.45, 2.75) is 18.9 Å². The molecule has 3 aromatic heterocycles. The van der Waals surface area contributed by atoms with Gasteiger partial charge in [0.25, 0.3) is 0 Å². The van der Waals surface area contributed by atoms with Crippen LogP contribution in [0.25, 0.3) is 22.6 Å². The van der Waals surface area contributed by atoms with Crippen molar-refractivity contribution >= 4 is 28.2 Å². The van der Waals surface area contributed by atoms with E-state index in [-0.39, 0.29) is 6.10 Å². The number of fused-ring (bicyclic) bond motifs is 1. The number of nitrogens with one attached hydrogen (secondary N) is 2. The highest BCUT2D eigenvalue weighted by Gasteiger charge is 2.17. The number of anilines is 3. The fraction of sp³-hybridized carbons (Fsp3) is 0.250. The Kier molecular flexibility index (Phi) is 4.17. The molecular weight excluding hydrogens is 356 g/mol. The quantitative estimate of drug-likeness (QED) is 0.502. The van der Waals surface area contributed by atoms with Crippen LogP contribution >= 0.6 is 0 Å². The number of aliphatic hydroxyl groups is 1. The van der Waals surface area contributed by atoms with Gasteiger partial charge in [-0.15, -0.1) is 0 Å². The molecule has 1 saturated heterocycles. The van der Waals surface area contributed by atoms with E-state index in [1.165, 1.54) is 0 Å². The number of nitrogens with zero attached hydrogens (tertiary/aromatic N) is 4. The second-order valence-electron chi connectivity index (χ2n) is 6.89. The van der Waals surface area contributed by atoms with Gasteiger partial charge in [0, 0.05) is 24.5 Å². The number of hydrogen-bond acceptors (Lipinski definition) is 7. The molecule has 142 valence electrons. The van der Waals surface area contributed by atoms with Crippen molar-refractivity contribution in [3.05, 3.63) is 48.9 Å². The van der Waals surface area contributed by atoms with Crippen molar-refractivity contribution in [2.24, 2.45) is 0 Å². The maximum Gasteiger partial charge on any atom is 0.198 e. The average molecular weight is 376 g/mol. The number of aromatic amines is 1. The van der Waals surface area contributed by atoms with Crippen LogP contribution in [0.5, 0.6) is 0 Å². The Hall–Kier alpha value is -3.39. The second kappa shape index (κ2) is 6.97. The summed E-state index contributed by atoms with van der Waals surface area (Å²) in [6.45, 7) is 1.75. The first kappa shape index (κ1) is 16.8. The zero-order chi connectivity index (χ0) is 18.9. The van der Waals surface area contributed by atoms with Crippen molar-refractivity contribution in [1.29, 1.82) is 0 Å². The van der Waals surface area contributed by atoms with Crippen molar-refractivity contribution < 1.29 is 9.52 Å². The van der Waals surface area contributed by atoms with E-state index < -0.39 is 0 Å². The van der Waals surface area contributed by atoms with Gasteiger partial charge >= 0.3 is 0 Å². The van der Waals surface area contributed by atoms with Crippen LogP contribution in [-0.2, 0) is 0 Å². The summed E-state index contributed by atoms with van der Waals surface area (Å²) in [5, 5.41) is 20.1. The van der Waals surface area contributed by atoms with Crippen LogP contribution in [0.4, 0.5) is 17.2 Å². The van der Waals surface area contributed by atoms with Crippen molar-refractivity contribution in [2.75, 3.05) is 23.3 Å². The van der Waals surface area contributed by atoms with Gasteiger partial charge in [0.2, 0.25) is 0 Å². The van der Waals surface area contributed by atoms with E-state index in [4.69, 9.17) is 4.42 Å². The largest absolute Gasteiger partial charge is 0.461 e. The maximum atomic E-state index is 9.68. The Bertz CT molecular complexity index is 1070. The van der Waals surface area contributed by atoms with Gasteiger partial charge in [-0.2, -0.15) is 5.10 Å². The predicted octanol–water partition coefficient (Wildman–Crippen LogP) is 3.32. The van der Waals surface area contributed by atoms with Gasteiger partial charge in [0.05, 0.1) is 18.6 Å². The molecule has 0 amide bonds. The molecule has 0 saturated carbocycles. The first-order valence-electron chi connectivity index (χ1n) is 9.31. The Balaban J connectivity index is 1.41. The highest BCUT2D eigenvalue weighted by molar-refractivity contribution is 5.88. The normalized spacial score (nSPS) is 15.2. The fourth-order valence-electron chi connectivity index (χ4n) is 3.46. The number of furan rings is 1. The zero-order valence-corrected chi connectivity index (χ0v) is 15.2. The molecule has 1 fully saturated rings. The molecule has 0 aliphatic carbocycles. The third kappa shape index (κ3) is 3.18. The highest BCUT2D eigenvalue weighted by Crippen LogP contribution is 2.27. The van der Waals surface area contributed by atoms with E-state index in [1.807, 2.05) is 24.3 Å². The van der Waals surface area contributed by atoms with Gasteiger partial charge in [-0.3, -0.25) is 5.10 Å². The summed E-state index contributed by atoms with van der Waals surface area (Å²) in [6, 6.07) is 11.9. The van der Waals surface area contributed by atoms with Gasteiger partial charge in [-0.25, -0.2) is 9.97 Å².